The molecule has 1 unspecified atom stereocenters. The number of carbonyl (C=O) groups excluding carboxylic acids is 2. The summed E-state index contributed by atoms with van der Waals surface area (Å²) in [5, 5.41) is 9.60. The van der Waals surface area contributed by atoms with Crippen LogP contribution in [0.15, 0.2) is 34.9 Å². The molecule has 0 spiro atoms. The molecule has 1 N–H and O–H groups in total. The summed E-state index contributed by atoms with van der Waals surface area (Å²) in [6.45, 7) is 12.8. The highest BCUT2D eigenvalue weighted by atomic mass is 16.6. The Labute approximate surface area is 168 Å². The lowest BCUT2D eigenvalue weighted by molar-refractivity contribution is -0.153. The van der Waals surface area contributed by atoms with E-state index in [0.29, 0.717) is 6.42 Å². The van der Waals surface area contributed by atoms with Gasteiger partial charge in [0.25, 0.3) is 0 Å². The quantitative estimate of drug-likeness (QED) is 0.212. The minimum atomic E-state index is -1.04. The third-order valence-corrected chi connectivity index (χ3v) is 4.52. The summed E-state index contributed by atoms with van der Waals surface area (Å²) in [7, 11) is 0. The standard InChI is InChI=1S/C22H34O6/c1-7-16(5)10-9-11-17(6)18(8-2)19(21(24)25)14-20(23)27-12-13-28-22(26)15(3)4/h10,19H,3,7-9,11-14H2,1-2,4-6H3,(H,24,25)/b16-10?,18-17-. The van der Waals surface area contributed by atoms with Crippen LogP contribution in [0.4, 0.5) is 0 Å². The van der Waals surface area contributed by atoms with Gasteiger partial charge in [-0.2, -0.15) is 0 Å². The van der Waals surface area contributed by atoms with E-state index >= 15 is 0 Å². The highest BCUT2D eigenvalue weighted by Gasteiger charge is 2.26. The van der Waals surface area contributed by atoms with Crippen molar-refractivity contribution in [3.63, 3.8) is 0 Å². The predicted molar refractivity (Wildman–Crippen MR) is 109 cm³/mol. The van der Waals surface area contributed by atoms with Gasteiger partial charge in [0.1, 0.15) is 13.2 Å². The summed E-state index contributed by atoms with van der Waals surface area (Å²) in [6.07, 6.45) is 5.08. The number of allylic oxidation sites excluding steroid dienone is 3. The average molecular weight is 395 g/mol. The summed E-state index contributed by atoms with van der Waals surface area (Å²) in [6, 6.07) is 0. The maximum atomic E-state index is 12.0. The first-order chi connectivity index (χ1) is 13.1. The molecule has 0 heterocycles. The molecule has 0 aliphatic heterocycles. The Kier molecular flexibility index (Phi) is 12.6. The number of aliphatic carboxylic acids is 1. The second kappa shape index (κ2) is 13.7. The number of carboxylic acid groups (broad SMARTS) is 1. The molecule has 0 aromatic rings. The lowest BCUT2D eigenvalue weighted by atomic mass is 9.88. The molecule has 28 heavy (non-hydrogen) atoms. The molecule has 0 bridgehead atoms. The van der Waals surface area contributed by atoms with Crippen LogP contribution >= 0.6 is 0 Å². The third-order valence-electron chi connectivity index (χ3n) is 4.52. The van der Waals surface area contributed by atoms with E-state index in [1.165, 1.54) is 12.5 Å². The Morgan fingerprint density at radius 3 is 2.14 bits per heavy atom. The molecule has 0 rings (SSSR count). The van der Waals surface area contributed by atoms with Crippen molar-refractivity contribution in [1.82, 2.24) is 0 Å². The van der Waals surface area contributed by atoms with Crippen LogP contribution in [0.5, 0.6) is 0 Å². The van der Waals surface area contributed by atoms with Gasteiger partial charge in [0.2, 0.25) is 0 Å². The van der Waals surface area contributed by atoms with Gasteiger partial charge in [0.15, 0.2) is 0 Å². The Hall–Kier alpha value is -2.37. The number of hydrogen-bond acceptors (Lipinski definition) is 5. The van der Waals surface area contributed by atoms with E-state index in [-0.39, 0.29) is 25.2 Å². The number of carbonyl (C=O) groups is 3. The van der Waals surface area contributed by atoms with E-state index in [0.717, 1.165) is 30.4 Å². The van der Waals surface area contributed by atoms with Crippen molar-refractivity contribution in [1.29, 1.82) is 0 Å². The van der Waals surface area contributed by atoms with Gasteiger partial charge in [-0.05, 0) is 46.5 Å². The van der Waals surface area contributed by atoms with E-state index in [1.807, 2.05) is 13.8 Å². The van der Waals surface area contributed by atoms with Crippen LogP contribution in [0.2, 0.25) is 0 Å². The van der Waals surface area contributed by atoms with Crippen LogP contribution in [0, 0.1) is 5.92 Å². The van der Waals surface area contributed by atoms with E-state index in [9.17, 15) is 19.5 Å². The molecular weight excluding hydrogens is 360 g/mol. The van der Waals surface area contributed by atoms with Gasteiger partial charge < -0.3 is 14.6 Å². The monoisotopic (exact) mass is 394 g/mol. The summed E-state index contributed by atoms with van der Waals surface area (Å²) >= 11 is 0. The van der Waals surface area contributed by atoms with Crippen molar-refractivity contribution in [2.75, 3.05) is 13.2 Å². The fourth-order valence-corrected chi connectivity index (χ4v) is 2.68. The molecule has 0 fully saturated rings. The smallest absolute Gasteiger partial charge is 0.333 e. The zero-order valence-electron chi connectivity index (χ0n) is 17.8. The number of carboxylic acids is 1. The van der Waals surface area contributed by atoms with E-state index in [1.54, 1.807) is 0 Å². The van der Waals surface area contributed by atoms with Crippen molar-refractivity contribution in [2.45, 2.75) is 66.7 Å². The molecule has 0 saturated carbocycles. The lowest BCUT2D eigenvalue weighted by Gasteiger charge is -2.18. The third kappa shape index (κ3) is 10.1. The van der Waals surface area contributed by atoms with Crippen molar-refractivity contribution >= 4 is 17.9 Å². The number of ether oxygens (including phenoxy) is 2. The molecule has 158 valence electrons. The van der Waals surface area contributed by atoms with Gasteiger partial charge >= 0.3 is 17.9 Å². The normalized spacial score (nSPS) is 13.4. The van der Waals surface area contributed by atoms with Crippen molar-refractivity contribution in [3.8, 4) is 0 Å². The second-order valence-corrected chi connectivity index (χ2v) is 6.83. The highest BCUT2D eigenvalue weighted by molar-refractivity contribution is 5.87. The van der Waals surface area contributed by atoms with E-state index in [2.05, 4.69) is 26.5 Å². The SMILES string of the molecule is C=C(C)C(=O)OCCOC(=O)CC(C(=O)O)/C(CC)=C(/C)CCC=C(C)CC. The first kappa shape index (κ1) is 25.6. The van der Waals surface area contributed by atoms with Crippen LogP contribution in [-0.4, -0.2) is 36.2 Å². The lowest BCUT2D eigenvalue weighted by Crippen LogP contribution is -2.23. The number of esters is 2. The molecule has 0 saturated heterocycles. The van der Waals surface area contributed by atoms with Crippen molar-refractivity contribution in [2.24, 2.45) is 5.92 Å². The van der Waals surface area contributed by atoms with Crippen LogP contribution in [0.3, 0.4) is 0 Å². The molecule has 0 amide bonds. The van der Waals surface area contributed by atoms with Crippen LogP contribution < -0.4 is 0 Å². The number of rotatable bonds is 13. The highest BCUT2D eigenvalue weighted by Crippen LogP contribution is 2.26. The van der Waals surface area contributed by atoms with Crippen LogP contribution in [0.25, 0.3) is 0 Å². The van der Waals surface area contributed by atoms with Gasteiger partial charge in [0, 0.05) is 5.57 Å². The second-order valence-electron chi connectivity index (χ2n) is 6.83. The minimum absolute atomic E-state index is 0.0895. The van der Waals surface area contributed by atoms with Crippen molar-refractivity contribution < 1.29 is 29.0 Å². The summed E-state index contributed by atoms with van der Waals surface area (Å²) < 4.78 is 9.85. The van der Waals surface area contributed by atoms with Gasteiger partial charge in [-0.1, -0.05) is 43.2 Å². The largest absolute Gasteiger partial charge is 0.481 e. The fourth-order valence-electron chi connectivity index (χ4n) is 2.68. The van der Waals surface area contributed by atoms with Gasteiger partial charge in [-0.15, -0.1) is 0 Å². The first-order valence-corrected chi connectivity index (χ1v) is 9.69. The summed E-state index contributed by atoms with van der Waals surface area (Å²) in [5.74, 6) is -3.13. The fraction of sp³-hybridized carbons (Fsp3) is 0.591. The minimum Gasteiger partial charge on any atom is -0.481 e. The molecule has 6 nitrogen and oxygen atoms in total. The molecule has 0 aliphatic carbocycles. The van der Waals surface area contributed by atoms with Gasteiger partial charge in [-0.25, -0.2) is 4.79 Å². The molecule has 1 atom stereocenters. The van der Waals surface area contributed by atoms with Crippen molar-refractivity contribution in [3.05, 3.63) is 34.9 Å². The predicted octanol–water partition coefficient (Wildman–Crippen LogP) is 4.60. The molecule has 0 aromatic carbocycles. The summed E-state index contributed by atoms with van der Waals surface area (Å²) in [5.41, 5.74) is 3.32. The molecule has 0 radical (unpaired) electrons. The molecule has 0 aromatic heterocycles. The average Bonchev–Trinajstić information content (AvgIpc) is 2.64. The topological polar surface area (TPSA) is 89.9 Å². The van der Waals surface area contributed by atoms with Crippen LogP contribution in [0.1, 0.15) is 66.7 Å². The zero-order valence-corrected chi connectivity index (χ0v) is 17.8. The summed E-state index contributed by atoms with van der Waals surface area (Å²) in [4.78, 5) is 35.0. The molecule has 6 heteroatoms. The molecular formula is C22H34O6. The Morgan fingerprint density at radius 2 is 1.64 bits per heavy atom. The Balaban J connectivity index is 4.85. The Morgan fingerprint density at radius 1 is 1.04 bits per heavy atom. The Bertz CT molecular complexity index is 627. The van der Waals surface area contributed by atoms with Gasteiger partial charge in [-0.3, -0.25) is 9.59 Å². The number of hydrogen-bond donors (Lipinski definition) is 1. The van der Waals surface area contributed by atoms with Gasteiger partial charge in [0.05, 0.1) is 12.3 Å². The molecule has 0 aliphatic rings. The zero-order chi connectivity index (χ0) is 21.7. The van der Waals surface area contributed by atoms with Crippen LogP contribution in [-0.2, 0) is 23.9 Å². The maximum absolute atomic E-state index is 12.0. The van der Waals surface area contributed by atoms with E-state index in [4.69, 9.17) is 9.47 Å². The maximum Gasteiger partial charge on any atom is 0.333 e. The van der Waals surface area contributed by atoms with E-state index < -0.39 is 23.8 Å². The first-order valence-electron chi connectivity index (χ1n) is 9.69.